The number of aryl methyl sites for hydroxylation is 1. The zero-order chi connectivity index (χ0) is 26.1. The number of likely N-dealkylation sites (tertiary alicyclic amines) is 1. The lowest BCUT2D eigenvalue weighted by molar-refractivity contribution is -0.0218. The Kier molecular flexibility index (Phi) is 7.17. The fourth-order valence-corrected chi connectivity index (χ4v) is 5.76. The van der Waals surface area contributed by atoms with E-state index >= 15 is 0 Å². The summed E-state index contributed by atoms with van der Waals surface area (Å²) in [6, 6.07) is 9.44. The highest BCUT2D eigenvalue weighted by atomic mass is 16.5. The fraction of sp³-hybridized carbons (Fsp3) is 0.500. The number of hydrogen-bond acceptors (Lipinski definition) is 6. The van der Waals surface area contributed by atoms with E-state index in [0.29, 0.717) is 29.8 Å². The van der Waals surface area contributed by atoms with Crippen LogP contribution in [0.3, 0.4) is 0 Å². The second-order valence-electron chi connectivity index (χ2n) is 11.2. The van der Waals surface area contributed by atoms with Crippen molar-refractivity contribution >= 4 is 11.6 Å². The lowest BCUT2D eigenvalue weighted by Crippen LogP contribution is -2.47. The Labute approximate surface area is 224 Å². The summed E-state index contributed by atoms with van der Waals surface area (Å²) in [6.07, 6.45) is 14.7. The van der Waals surface area contributed by atoms with Crippen molar-refractivity contribution in [1.29, 1.82) is 0 Å². The fourth-order valence-electron chi connectivity index (χ4n) is 5.76. The molecule has 2 N–H and O–H groups in total. The van der Waals surface area contributed by atoms with Gasteiger partial charge in [0.05, 0.1) is 36.1 Å². The van der Waals surface area contributed by atoms with Crippen LogP contribution in [0, 0.1) is 6.92 Å². The van der Waals surface area contributed by atoms with Gasteiger partial charge in [0.2, 0.25) is 0 Å². The molecule has 3 aromatic rings. The summed E-state index contributed by atoms with van der Waals surface area (Å²) in [4.78, 5) is 19.7. The van der Waals surface area contributed by atoms with E-state index in [-0.39, 0.29) is 5.91 Å². The lowest BCUT2D eigenvalue weighted by atomic mass is 9.97. The van der Waals surface area contributed by atoms with Gasteiger partial charge in [-0.15, -0.1) is 0 Å². The maximum Gasteiger partial charge on any atom is 0.251 e. The van der Waals surface area contributed by atoms with Crippen molar-refractivity contribution in [2.45, 2.75) is 76.6 Å². The molecular weight excluding hydrogens is 476 g/mol. The quantitative estimate of drug-likeness (QED) is 0.480. The van der Waals surface area contributed by atoms with Gasteiger partial charge in [-0.3, -0.25) is 9.78 Å². The van der Waals surface area contributed by atoms with Crippen LogP contribution in [0.2, 0.25) is 0 Å². The van der Waals surface area contributed by atoms with E-state index in [1.807, 2.05) is 47.7 Å². The van der Waals surface area contributed by atoms with Gasteiger partial charge in [0.1, 0.15) is 0 Å². The van der Waals surface area contributed by atoms with Gasteiger partial charge in [-0.2, -0.15) is 5.10 Å². The van der Waals surface area contributed by atoms with Gasteiger partial charge in [0, 0.05) is 55.1 Å². The molecule has 200 valence electrons. The van der Waals surface area contributed by atoms with Gasteiger partial charge in [0.25, 0.3) is 5.91 Å². The van der Waals surface area contributed by atoms with Gasteiger partial charge in [0.15, 0.2) is 0 Å². The predicted octanol–water partition coefficient (Wildman–Crippen LogP) is 4.58. The van der Waals surface area contributed by atoms with Gasteiger partial charge >= 0.3 is 0 Å². The van der Waals surface area contributed by atoms with Crippen LogP contribution in [-0.4, -0.2) is 69.5 Å². The molecule has 8 heteroatoms. The monoisotopic (exact) mass is 514 g/mol. The molecule has 6 rings (SSSR count). The molecule has 1 aromatic carbocycles. The van der Waals surface area contributed by atoms with Crippen LogP contribution in [-0.2, 0) is 4.74 Å². The lowest BCUT2D eigenvalue weighted by Gasteiger charge is -2.41. The summed E-state index contributed by atoms with van der Waals surface area (Å²) in [7, 11) is 0. The molecule has 3 fully saturated rings. The smallest absolute Gasteiger partial charge is 0.251 e. The number of ether oxygens (including phenoxy) is 1. The first-order chi connectivity index (χ1) is 18.5. The van der Waals surface area contributed by atoms with Gasteiger partial charge < -0.3 is 20.3 Å². The number of amides is 1. The first-order valence-electron chi connectivity index (χ1n) is 14.1. The Balaban J connectivity index is 1.10. The van der Waals surface area contributed by atoms with E-state index < -0.39 is 0 Å². The number of carbonyl (C=O) groups excluding carboxylic acids is 1. The summed E-state index contributed by atoms with van der Waals surface area (Å²) < 4.78 is 7.60. The van der Waals surface area contributed by atoms with E-state index in [9.17, 15) is 4.79 Å². The number of aromatic nitrogens is 3. The SMILES string of the molecule is Cc1ccc(C(=O)NC2CC2)cc1-c1cnn(-c2cncc(NC3CCN(C4CCOC(C)C4)CC3)c2)c1. The molecule has 2 atom stereocenters. The average molecular weight is 515 g/mol. The summed E-state index contributed by atoms with van der Waals surface area (Å²) in [5, 5.41) is 11.4. The number of piperidine rings is 1. The topological polar surface area (TPSA) is 84.3 Å². The Bertz CT molecular complexity index is 1280. The number of benzene rings is 1. The molecular formula is C30H38N6O2. The standard InChI is InChI=1S/C30H38N6O2/c1-20-3-4-22(30(37)34-24-5-6-24)14-29(20)23-16-32-36(19-23)28-15-26(17-31-18-28)33-25-7-10-35(11-8-25)27-9-12-38-21(2)13-27/h3-4,14-19,21,24-25,27,33H,5-13H2,1-2H3,(H,34,37). The van der Waals surface area contributed by atoms with Crippen molar-refractivity contribution in [2.75, 3.05) is 25.0 Å². The van der Waals surface area contributed by atoms with Gasteiger partial charge in [-0.25, -0.2) is 4.68 Å². The molecule has 1 saturated carbocycles. The van der Waals surface area contributed by atoms with Crippen molar-refractivity contribution in [3.05, 3.63) is 60.2 Å². The number of nitrogens with zero attached hydrogens (tertiary/aromatic N) is 4. The van der Waals surface area contributed by atoms with Gasteiger partial charge in [-0.05, 0) is 81.7 Å². The van der Waals surface area contributed by atoms with Crippen LogP contribution < -0.4 is 10.6 Å². The highest BCUT2D eigenvalue weighted by molar-refractivity contribution is 5.96. The Morgan fingerprint density at radius 1 is 1.03 bits per heavy atom. The third-order valence-corrected chi connectivity index (χ3v) is 8.17. The molecule has 38 heavy (non-hydrogen) atoms. The van der Waals surface area contributed by atoms with E-state index in [0.717, 1.165) is 86.3 Å². The largest absolute Gasteiger partial charge is 0.381 e. The number of pyridine rings is 1. The van der Waals surface area contributed by atoms with Crippen molar-refractivity contribution < 1.29 is 9.53 Å². The van der Waals surface area contributed by atoms with Crippen LogP contribution >= 0.6 is 0 Å². The number of hydrogen-bond donors (Lipinski definition) is 2. The number of rotatable bonds is 7. The van der Waals surface area contributed by atoms with Crippen LogP contribution in [0.15, 0.2) is 49.1 Å². The number of nitrogens with one attached hydrogen (secondary N) is 2. The summed E-state index contributed by atoms with van der Waals surface area (Å²) >= 11 is 0. The molecule has 2 aliphatic heterocycles. The van der Waals surface area contributed by atoms with Crippen LogP contribution in [0.1, 0.15) is 61.4 Å². The van der Waals surface area contributed by atoms with E-state index in [1.54, 1.807) is 0 Å². The normalized spacial score (nSPS) is 22.8. The van der Waals surface area contributed by atoms with E-state index in [2.05, 4.69) is 45.5 Å². The second kappa shape index (κ2) is 10.9. The molecule has 4 heterocycles. The molecule has 3 aliphatic rings. The average Bonchev–Trinajstić information content (AvgIpc) is 3.61. The summed E-state index contributed by atoms with van der Waals surface area (Å²) in [5.41, 5.74) is 5.74. The Morgan fingerprint density at radius 3 is 2.66 bits per heavy atom. The van der Waals surface area contributed by atoms with Crippen molar-refractivity contribution in [3.63, 3.8) is 0 Å². The molecule has 0 bridgehead atoms. The van der Waals surface area contributed by atoms with E-state index in [1.165, 1.54) is 0 Å². The molecule has 2 aromatic heterocycles. The molecule has 1 amide bonds. The Hall–Kier alpha value is -3.23. The maximum absolute atomic E-state index is 12.6. The highest BCUT2D eigenvalue weighted by Crippen LogP contribution is 2.28. The zero-order valence-electron chi connectivity index (χ0n) is 22.4. The minimum absolute atomic E-state index is 0.00253. The van der Waals surface area contributed by atoms with Crippen LogP contribution in [0.25, 0.3) is 16.8 Å². The van der Waals surface area contributed by atoms with Crippen molar-refractivity contribution in [1.82, 2.24) is 25.0 Å². The molecule has 2 saturated heterocycles. The molecule has 0 radical (unpaired) electrons. The van der Waals surface area contributed by atoms with Crippen LogP contribution in [0.4, 0.5) is 5.69 Å². The molecule has 0 spiro atoms. The third kappa shape index (κ3) is 5.76. The molecule has 2 unspecified atom stereocenters. The first kappa shape index (κ1) is 25.1. The van der Waals surface area contributed by atoms with Gasteiger partial charge in [-0.1, -0.05) is 6.07 Å². The minimum Gasteiger partial charge on any atom is -0.381 e. The summed E-state index contributed by atoms with van der Waals surface area (Å²) in [6.45, 7) is 7.40. The number of anilines is 1. The van der Waals surface area contributed by atoms with Crippen LogP contribution in [0.5, 0.6) is 0 Å². The predicted molar refractivity (Wildman–Crippen MR) is 149 cm³/mol. The zero-order valence-corrected chi connectivity index (χ0v) is 22.4. The summed E-state index contributed by atoms with van der Waals surface area (Å²) in [5.74, 6) is -0.00253. The van der Waals surface area contributed by atoms with Crippen molar-refractivity contribution in [3.8, 4) is 16.8 Å². The molecule has 8 nitrogen and oxygen atoms in total. The third-order valence-electron chi connectivity index (χ3n) is 8.17. The second-order valence-corrected chi connectivity index (χ2v) is 11.2. The minimum atomic E-state index is -0.00253. The first-order valence-corrected chi connectivity index (χ1v) is 14.1. The number of carbonyl (C=O) groups is 1. The Morgan fingerprint density at radius 2 is 1.87 bits per heavy atom. The highest BCUT2D eigenvalue weighted by Gasteiger charge is 2.29. The maximum atomic E-state index is 12.6. The van der Waals surface area contributed by atoms with Crippen molar-refractivity contribution in [2.24, 2.45) is 0 Å². The molecule has 1 aliphatic carbocycles. The van der Waals surface area contributed by atoms with E-state index in [4.69, 9.17) is 4.74 Å².